The Morgan fingerprint density at radius 2 is 1.85 bits per heavy atom. The summed E-state index contributed by atoms with van der Waals surface area (Å²) < 4.78 is 33.5. The number of esters is 1. The van der Waals surface area contributed by atoms with Crippen molar-refractivity contribution in [2.24, 2.45) is 0 Å². The van der Waals surface area contributed by atoms with Gasteiger partial charge < -0.3 is 9.47 Å². The van der Waals surface area contributed by atoms with Crippen molar-refractivity contribution in [3.8, 4) is 5.75 Å². The Bertz CT molecular complexity index is 597. The monoisotopic (exact) mass is 296 g/mol. The van der Waals surface area contributed by atoms with Crippen molar-refractivity contribution in [2.45, 2.75) is 11.8 Å². The van der Waals surface area contributed by atoms with E-state index in [0.29, 0.717) is 5.75 Å². The van der Waals surface area contributed by atoms with E-state index in [-0.39, 0.29) is 11.5 Å². The molecule has 6 heteroatoms. The normalized spacial score (nSPS) is 11.9. The number of benzene rings is 1. The number of hydrogen-bond acceptors (Lipinski definition) is 5. The number of rotatable bonds is 6. The summed E-state index contributed by atoms with van der Waals surface area (Å²) in [6, 6.07) is 6.03. The van der Waals surface area contributed by atoms with Crippen molar-refractivity contribution in [1.29, 1.82) is 0 Å². The van der Waals surface area contributed by atoms with E-state index in [1.807, 2.05) is 0 Å². The van der Waals surface area contributed by atoms with Crippen LogP contribution in [0.1, 0.15) is 6.92 Å². The molecule has 0 aromatic heterocycles. The van der Waals surface area contributed by atoms with Crippen molar-refractivity contribution >= 4 is 15.8 Å². The highest BCUT2D eigenvalue weighted by atomic mass is 32.2. The smallest absolute Gasteiger partial charge is 0.330 e. The van der Waals surface area contributed by atoms with E-state index in [0.717, 1.165) is 11.5 Å². The molecule has 0 unspecified atom stereocenters. The molecule has 20 heavy (non-hydrogen) atoms. The Kier molecular flexibility index (Phi) is 5.99. The number of carbonyl (C=O) groups is 1. The number of allylic oxidation sites excluding steroid dienone is 2. The van der Waals surface area contributed by atoms with Gasteiger partial charge >= 0.3 is 5.97 Å². The molecule has 0 N–H and O–H groups in total. The summed E-state index contributed by atoms with van der Waals surface area (Å²) in [7, 11) is -2.03. The van der Waals surface area contributed by atoms with Crippen molar-refractivity contribution in [3.05, 3.63) is 47.9 Å². The fourth-order valence-electron chi connectivity index (χ4n) is 1.32. The predicted molar refractivity (Wildman–Crippen MR) is 75.1 cm³/mol. The van der Waals surface area contributed by atoms with Crippen LogP contribution >= 0.6 is 0 Å². The number of hydrogen-bond donors (Lipinski definition) is 0. The zero-order valence-corrected chi connectivity index (χ0v) is 12.1. The summed E-state index contributed by atoms with van der Waals surface area (Å²) in [5.74, 6) is 0.0640. The Morgan fingerprint density at radius 1 is 1.20 bits per heavy atom. The van der Waals surface area contributed by atoms with E-state index in [1.54, 1.807) is 19.1 Å². The second kappa shape index (κ2) is 7.49. The maximum absolute atomic E-state index is 11.9. The van der Waals surface area contributed by atoms with Crippen LogP contribution in [-0.2, 0) is 19.4 Å². The molecule has 0 amide bonds. The van der Waals surface area contributed by atoms with E-state index in [4.69, 9.17) is 4.74 Å². The highest BCUT2D eigenvalue weighted by Gasteiger charge is 2.09. The van der Waals surface area contributed by atoms with Crippen LogP contribution in [0.2, 0.25) is 0 Å². The topological polar surface area (TPSA) is 69.7 Å². The molecular formula is C14H16O5S. The minimum absolute atomic E-state index is 0.152. The third kappa shape index (κ3) is 4.89. The lowest BCUT2D eigenvalue weighted by Gasteiger charge is -2.01. The maximum atomic E-state index is 11.9. The fourth-order valence-corrected chi connectivity index (χ4v) is 2.29. The zero-order valence-electron chi connectivity index (χ0n) is 11.3. The minimum atomic E-state index is -3.53. The second-order valence-corrected chi connectivity index (χ2v) is 5.49. The average molecular weight is 296 g/mol. The van der Waals surface area contributed by atoms with E-state index < -0.39 is 15.8 Å². The number of carbonyl (C=O) groups excluding carboxylic acids is 1. The molecule has 108 valence electrons. The van der Waals surface area contributed by atoms with Crippen LogP contribution in [0.25, 0.3) is 0 Å². The highest BCUT2D eigenvalue weighted by Crippen LogP contribution is 2.17. The van der Waals surface area contributed by atoms with Gasteiger partial charge in [-0.25, -0.2) is 13.2 Å². The fraction of sp³-hybridized carbons (Fsp3) is 0.214. The lowest BCUT2D eigenvalue weighted by molar-refractivity contribution is -0.137. The quantitative estimate of drug-likeness (QED) is 0.457. The number of sulfone groups is 1. The van der Waals surface area contributed by atoms with Crippen molar-refractivity contribution in [2.75, 3.05) is 13.7 Å². The van der Waals surface area contributed by atoms with Gasteiger partial charge in [-0.1, -0.05) is 12.2 Å². The number of methoxy groups -OCH3 is 1. The molecule has 0 aliphatic carbocycles. The van der Waals surface area contributed by atoms with Crippen LogP contribution in [-0.4, -0.2) is 28.1 Å². The van der Waals surface area contributed by atoms with Crippen molar-refractivity contribution in [3.63, 3.8) is 0 Å². The molecule has 0 bridgehead atoms. The maximum Gasteiger partial charge on any atom is 0.330 e. The standard InChI is InChI=1S/C14H16O5S/c1-3-19-14(15)6-4-5-11-20(16,17)13-9-7-12(18-2)8-10-13/h4-11H,3H2,1-2H3/b6-4+,11-5+. The van der Waals surface area contributed by atoms with E-state index >= 15 is 0 Å². The third-order valence-corrected chi connectivity index (χ3v) is 3.72. The zero-order chi connectivity index (χ0) is 15.0. The summed E-state index contributed by atoms with van der Waals surface area (Å²) in [5.41, 5.74) is 0. The molecule has 5 nitrogen and oxygen atoms in total. The van der Waals surface area contributed by atoms with Crippen LogP contribution in [0.5, 0.6) is 5.75 Å². The van der Waals surface area contributed by atoms with Gasteiger partial charge in [0.15, 0.2) is 9.84 Å². The van der Waals surface area contributed by atoms with Crippen LogP contribution in [0.15, 0.2) is 52.8 Å². The summed E-state index contributed by atoms with van der Waals surface area (Å²) in [5, 5.41) is 1.02. The molecule has 1 rings (SSSR count). The molecule has 0 fully saturated rings. The first-order chi connectivity index (χ1) is 9.49. The van der Waals surface area contributed by atoms with Gasteiger partial charge in [-0.05, 0) is 31.2 Å². The van der Waals surface area contributed by atoms with Gasteiger partial charge in [-0.2, -0.15) is 0 Å². The van der Waals surface area contributed by atoms with Crippen molar-refractivity contribution < 1.29 is 22.7 Å². The Hall–Kier alpha value is -2.08. The van der Waals surface area contributed by atoms with E-state index in [1.165, 1.54) is 31.4 Å². The predicted octanol–water partition coefficient (Wildman–Crippen LogP) is 2.10. The van der Waals surface area contributed by atoms with Crippen LogP contribution in [0.4, 0.5) is 0 Å². The van der Waals surface area contributed by atoms with Crippen molar-refractivity contribution in [1.82, 2.24) is 0 Å². The minimum Gasteiger partial charge on any atom is -0.497 e. The Labute approximate surface area is 118 Å². The lowest BCUT2D eigenvalue weighted by atomic mass is 10.3. The molecule has 0 saturated heterocycles. The first-order valence-corrected chi connectivity index (χ1v) is 7.45. The largest absolute Gasteiger partial charge is 0.497 e. The van der Waals surface area contributed by atoms with Gasteiger partial charge in [-0.15, -0.1) is 0 Å². The second-order valence-electron chi connectivity index (χ2n) is 3.66. The van der Waals surface area contributed by atoms with E-state index in [2.05, 4.69) is 4.74 Å². The molecule has 0 saturated carbocycles. The number of ether oxygens (including phenoxy) is 2. The summed E-state index contributed by atoms with van der Waals surface area (Å²) in [4.78, 5) is 11.2. The highest BCUT2D eigenvalue weighted by molar-refractivity contribution is 7.94. The first kappa shape index (κ1) is 16.0. The van der Waals surface area contributed by atoms with Gasteiger partial charge in [0.05, 0.1) is 18.6 Å². The first-order valence-electron chi connectivity index (χ1n) is 5.90. The van der Waals surface area contributed by atoms with Gasteiger partial charge in [0, 0.05) is 11.5 Å². The summed E-state index contributed by atoms with van der Waals surface area (Å²) in [6.07, 6.45) is 3.75. The SMILES string of the molecule is CCOC(=O)/C=C/C=C/S(=O)(=O)c1ccc(OC)cc1. The molecule has 0 atom stereocenters. The van der Waals surface area contributed by atoms with Gasteiger partial charge in [0.1, 0.15) is 5.75 Å². The van der Waals surface area contributed by atoms with E-state index in [9.17, 15) is 13.2 Å². The molecule has 1 aromatic carbocycles. The van der Waals surface area contributed by atoms with Gasteiger partial charge in [-0.3, -0.25) is 0 Å². The molecular weight excluding hydrogens is 280 g/mol. The molecule has 0 spiro atoms. The third-order valence-electron chi connectivity index (χ3n) is 2.28. The summed E-state index contributed by atoms with van der Waals surface area (Å²) in [6.45, 7) is 1.97. The van der Waals surface area contributed by atoms with Crippen LogP contribution in [0, 0.1) is 0 Å². The van der Waals surface area contributed by atoms with Crippen LogP contribution in [0.3, 0.4) is 0 Å². The molecule has 0 radical (unpaired) electrons. The molecule has 0 aliphatic heterocycles. The summed E-state index contributed by atoms with van der Waals surface area (Å²) >= 11 is 0. The van der Waals surface area contributed by atoms with Crippen LogP contribution < -0.4 is 4.74 Å². The van der Waals surface area contributed by atoms with Gasteiger partial charge in [0.2, 0.25) is 0 Å². The Morgan fingerprint density at radius 3 is 2.40 bits per heavy atom. The van der Waals surface area contributed by atoms with Gasteiger partial charge in [0.25, 0.3) is 0 Å². The molecule has 0 heterocycles. The lowest BCUT2D eigenvalue weighted by Crippen LogP contribution is -1.98. The average Bonchev–Trinajstić information content (AvgIpc) is 2.44. The molecule has 1 aromatic rings. The molecule has 0 aliphatic rings. The Balaban J connectivity index is 2.76.